The summed E-state index contributed by atoms with van der Waals surface area (Å²) in [5.74, 6) is -0.381. The summed E-state index contributed by atoms with van der Waals surface area (Å²) >= 11 is 0. The monoisotopic (exact) mass is 392 g/mol. The molecule has 0 unspecified atom stereocenters. The molecule has 1 aliphatic heterocycles. The SMILES string of the molecule is Cl.Nc1ccc(C(=O)N2CCC(NC(=O)Nc3ccc(F)cc3)CC2)cc1. The number of anilines is 2. The minimum Gasteiger partial charge on any atom is -0.399 e. The van der Waals surface area contributed by atoms with Gasteiger partial charge in [0.2, 0.25) is 0 Å². The molecule has 2 aromatic rings. The van der Waals surface area contributed by atoms with Crippen LogP contribution in [0.15, 0.2) is 48.5 Å². The first-order chi connectivity index (χ1) is 12.5. The van der Waals surface area contributed by atoms with Crippen LogP contribution in [0.4, 0.5) is 20.6 Å². The van der Waals surface area contributed by atoms with Gasteiger partial charge in [-0.15, -0.1) is 12.4 Å². The van der Waals surface area contributed by atoms with Gasteiger partial charge < -0.3 is 21.3 Å². The van der Waals surface area contributed by atoms with Crippen molar-refractivity contribution in [1.29, 1.82) is 0 Å². The molecule has 1 heterocycles. The fourth-order valence-corrected chi connectivity index (χ4v) is 2.92. The van der Waals surface area contributed by atoms with Gasteiger partial charge in [-0.1, -0.05) is 0 Å². The lowest BCUT2D eigenvalue weighted by Gasteiger charge is -2.32. The lowest BCUT2D eigenvalue weighted by Crippen LogP contribution is -2.47. The fraction of sp³-hybridized carbons (Fsp3) is 0.263. The number of carbonyl (C=O) groups excluding carboxylic acids is 2. The molecule has 1 fully saturated rings. The number of nitrogens with two attached hydrogens (primary N) is 1. The van der Waals surface area contributed by atoms with Crippen molar-refractivity contribution in [2.24, 2.45) is 0 Å². The van der Waals surface area contributed by atoms with Crippen LogP contribution in [0.5, 0.6) is 0 Å². The van der Waals surface area contributed by atoms with Crippen LogP contribution in [0.1, 0.15) is 23.2 Å². The maximum Gasteiger partial charge on any atom is 0.319 e. The van der Waals surface area contributed by atoms with Gasteiger partial charge >= 0.3 is 6.03 Å². The highest BCUT2D eigenvalue weighted by molar-refractivity contribution is 5.94. The molecule has 1 saturated heterocycles. The number of nitrogen functional groups attached to an aromatic ring is 1. The van der Waals surface area contributed by atoms with Gasteiger partial charge in [-0.3, -0.25) is 4.79 Å². The Morgan fingerprint density at radius 2 is 1.59 bits per heavy atom. The molecule has 1 aliphatic rings. The third-order valence-corrected chi connectivity index (χ3v) is 4.38. The average Bonchev–Trinajstić information content (AvgIpc) is 2.64. The van der Waals surface area contributed by atoms with Crippen molar-refractivity contribution < 1.29 is 14.0 Å². The van der Waals surface area contributed by atoms with Crippen molar-refractivity contribution >= 4 is 35.7 Å². The van der Waals surface area contributed by atoms with Crippen LogP contribution in [0.2, 0.25) is 0 Å². The summed E-state index contributed by atoms with van der Waals surface area (Å²) in [6.45, 7) is 1.15. The fourth-order valence-electron chi connectivity index (χ4n) is 2.92. The first-order valence-corrected chi connectivity index (χ1v) is 8.49. The van der Waals surface area contributed by atoms with Crippen LogP contribution in [0, 0.1) is 5.82 Å². The summed E-state index contributed by atoms with van der Waals surface area (Å²) in [5, 5.41) is 5.56. The van der Waals surface area contributed by atoms with E-state index < -0.39 is 0 Å². The van der Waals surface area contributed by atoms with Crippen LogP contribution in [-0.2, 0) is 0 Å². The molecule has 3 rings (SSSR count). The van der Waals surface area contributed by atoms with Crippen LogP contribution in [-0.4, -0.2) is 36.0 Å². The Morgan fingerprint density at radius 3 is 2.19 bits per heavy atom. The van der Waals surface area contributed by atoms with Gasteiger partial charge in [0, 0.05) is 36.1 Å². The highest BCUT2D eigenvalue weighted by Gasteiger charge is 2.24. The number of hydrogen-bond acceptors (Lipinski definition) is 3. The average molecular weight is 393 g/mol. The van der Waals surface area contributed by atoms with Crippen molar-refractivity contribution in [3.8, 4) is 0 Å². The van der Waals surface area contributed by atoms with Crippen molar-refractivity contribution in [2.75, 3.05) is 24.1 Å². The first-order valence-electron chi connectivity index (χ1n) is 8.49. The smallest absolute Gasteiger partial charge is 0.319 e. The van der Waals surface area contributed by atoms with Gasteiger partial charge in [-0.2, -0.15) is 0 Å². The minimum absolute atomic E-state index is 0. The number of benzene rings is 2. The number of piperidine rings is 1. The third-order valence-electron chi connectivity index (χ3n) is 4.38. The van der Waals surface area contributed by atoms with Crippen molar-refractivity contribution in [3.63, 3.8) is 0 Å². The number of hydrogen-bond donors (Lipinski definition) is 3. The summed E-state index contributed by atoms with van der Waals surface area (Å²) in [7, 11) is 0. The molecule has 0 aliphatic carbocycles. The van der Waals surface area contributed by atoms with Gasteiger partial charge in [-0.05, 0) is 61.4 Å². The summed E-state index contributed by atoms with van der Waals surface area (Å²) < 4.78 is 12.9. The predicted molar refractivity (Wildman–Crippen MR) is 106 cm³/mol. The van der Waals surface area contributed by atoms with E-state index in [4.69, 9.17) is 5.73 Å². The number of halogens is 2. The summed E-state index contributed by atoms with van der Waals surface area (Å²) in [6, 6.07) is 12.1. The largest absolute Gasteiger partial charge is 0.399 e. The Bertz CT molecular complexity index is 775. The molecule has 6 nitrogen and oxygen atoms in total. The zero-order valence-corrected chi connectivity index (χ0v) is 15.5. The molecular weight excluding hydrogens is 371 g/mol. The first kappa shape index (κ1) is 20.5. The standard InChI is InChI=1S/C19H21FN4O2.ClH/c20-14-3-7-16(8-4-14)22-19(26)23-17-9-11-24(12-10-17)18(25)13-1-5-15(21)6-2-13;/h1-8,17H,9-12,21H2,(H2,22,23,26);1H. The molecule has 3 amide bonds. The molecule has 0 atom stereocenters. The number of amides is 3. The lowest BCUT2D eigenvalue weighted by atomic mass is 10.0. The van der Waals surface area contributed by atoms with E-state index in [1.54, 1.807) is 29.2 Å². The molecule has 8 heteroatoms. The Balaban J connectivity index is 0.00000261. The highest BCUT2D eigenvalue weighted by Crippen LogP contribution is 2.15. The Hall–Kier alpha value is -2.80. The molecule has 27 heavy (non-hydrogen) atoms. The van der Waals surface area contributed by atoms with E-state index in [1.807, 2.05) is 0 Å². The summed E-state index contributed by atoms with van der Waals surface area (Å²) in [6.07, 6.45) is 1.36. The van der Waals surface area contributed by atoms with Crippen LogP contribution in [0.3, 0.4) is 0 Å². The summed E-state index contributed by atoms with van der Waals surface area (Å²) in [5.41, 5.74) is 7.40. The van der Waals surface area contributed by atoms with E-state index in [1.165, 1.54) is 24.3 Å². The molecule has 0 radical (unpaired) electrons. The second kappa shape index (κ2) is 9.23. The van der Waals surface area contributed by atoms with Crippen molar-refractivity contribution in [3.05, 3.63) is 59.9 Å². The molecule has 0 aromatic heterocycles. The van der Waals surface area contributed by atoms with Crippen LogP contribution in [0.25, 0.3) is 0 Å². The van der Waals surface area contributed by atoms with E-state index >= 15 is 0 Å². The zero-order chi connectivity index (χ0) is 18.5. The van der Waals surface area contributed by atoms with Crippen molar-refractivity contribution in [2.45, 2.75) is 18.9 Å². The molecule has 4 N–H and O–H groups in total. The molecular formula is C19H22ClFN4O2. The predicted octanol–water partition coefficient (Wildman–Crippen LogP) is 3.26. The maximum atomic E-state index is 12.9. The minimum atomic E-state index is -0.353. The molecule has 0 spiro atoms. The number of nitrogens with one attached hydrogen (secondary N) is 2. The Labute approximate surface area is 163 Å². The number of nitrogens with zero attached hydrogens (tertiary/aromatic N) is 1. The molecule has 144 valence electrons. The number of likely N-dealkylation sites (tertiary alicyclic amines) is 1. The van der Waals surface area contributed by atoms with Gasteiger partial charge in [0.25, 0.3) is 5.91 Å². The van der Waals surface area contributed by atoms with Gasteiger partial charge in [-0.25, -0.2) is 9.18 Å². The number of carbonyl (C=O) groups is 2. The van der Waals surface area contributed by atoms with Gasteiger partial charge in [0.05, 0.1) is 0 Å². The van der Waals surface area contributed by atoms with E-state index in [9.17, 15) is 14.0 Å². The second-order valence-electron chi connectivity index (χ2n) is 6.29. The molecule has 2 aromatic carbocycles. The van der Waals surface area contributed by atoms with E-state index in [-0.39, 0.29) is 36.2 Å². The maximum absolute atomic E-state index is 12.9. The number of rotatable bonds is 3. The Morgan fingerprint density at radius 1 is 1.00 bits per heavy atom. The van der Waals surface area contributed by atoms with Gasteiger partial charge in [0.15, 0.2) is 0 Å². The molecule has 0 bridgehead atoms. The molecule has 0 saturated carbocycles. The van der Waals surface area contributed by atoms with E-state index in [2.05, 4.69) is 10.6 Å². The normalized spacial score (nSPS) is 14.2. The number of urea groups is 1. The third kappa shape index (κ3) is 5.59. The lowest BCUT2D eigenvalue weighted by molar-refractivity contribution is 0.0709. The van der Waals surface area contributed by atoms with E-state index in [0.717, 1.165) is 0 Å². The van der Waals surface area contributed by atoms with Crippen LogP contribution < -0.4 is 16.4 Å². The highest BCUT2D eigenvalue weighted by atomic mass is 35.5. The van der Waals surface area contributed by atoms with E-state index in [0.29, 0.717) is 42.9 Å². The Kier molecular flexibility index (Phi) is 7.01. The summed E-state index contributed by atoms with van der Waals surface area (Å²) in [4.78, 5) is 26.3. The van der Waals surface area contributed by atoms with Gasteiger partial charge in [0.1, 0.15) is 5.82 Å². The van der Waals surface area contributed by atoms with Crippen molar-refractivity contribution in [1.82, 2.24) is 10.2 Å². The topological polar surface area (TPSA) is 87.5 Å². The quantitative estimate of drug-likeness (QED) is 0.700. The second-order valence-corrected chi connectivity index (χ2v) is 6.29. The van der Waals surface area contributed by atoms with Crippen LogP contribution >= 0.6 is 12.4 Å². The zero-order valence-electron chi connectivity index (χ0n) is 14.7.